The third-order valence-corrected chi connectivity index (χ3v) is 5.45. The Kier molecular flexibility index (Phi) is 7.12. The quantitative estimate of drug-likeness (QED) is 0.675. The zero-order chi connectivity index (χ0) is 19.9. The molecule has 0 aliphatic rings. The Hall–Kier alpha value is -2.67. The van der Waals surface area contributed by atoms with Gasteiger partial charge in [-0.2, -0.15) is 5.26 Å². The van der Waals surface area contributed by atoms with E-state index in [0.29, 0.717) is 30.1 Å². The van der Waals surface area contributed by atoms with E-state index in [2.05, 4.69) is 16.1 Å². The van der Waals surface area contributed by atoms with Gasteiger partial charge in [0.2, 0.25) is 15.9 Å². The number of nitrogens with one attached hydrogen (secondary N) is 2. The molecule has 27 heavy (non-hydrogen) atoms. The lowest BCUT2D eigenvalue weighted by Gasteiger charge is -2.19. The normalized spacial score (nSPS) is 11.3. The van der Waals surface area contributed by atoms with Crippen molar-refractivity contribution in [2.45, 2.75) is 24.8 Å². The van der Waals surface area contributed by atoms with E-state index in [1.807, 2.05) is 0 Å². The van der Waals surface area contributed by atoms with Gasteiger partial charge in [0.25, 0.3) is 0 Å². The van der Waals surface area contributed by atoms with Gasteiger partial charge in [0.15, 0.2) is 0 Å². The number of carbonyl (C=O) groups excluding carboxylic acids is 1. The predicted octanol–water partition coefficient (Wildman–Crippen LogP) is 1.85. The van der Waals surface area contributed by atoms with Crippen molar-refractivity contribution in [3.63, 3.8) is 0 Å². The molecule has 8 nitrogen and oxygen atoms in total. The lowest BCUT2D eigenvalue weighted by Crippen LogP contribution is -2.33. The molecule has 0 unspecified atom stereocenters. The number of carbonyl (C=O) groups is 1. The molecule has 1 aromatic heterocycles. The first-order chi connectivity index (χ1) is 12.9. The SMILES string of the molecule is CNS(=O)(=O)c1cc(NC(=O)CN(CCC#N)Cc2ccco2)ccc1C. The Labute approximate surface area is 158 Å². The second kappa shape index (κ2) is 9.32. The van der Waals surface area contributed by atoms with Gasteiger partial charge in [-0.25, -0.2) is 13.1 Å². The largest absolute Gasteiger partial charge is 0.468 e. The molecule has 144 valence electrons. The number of aryl methyl sites for hydroxylation is 1. The second-order valence-electron chi connectivity index (χ2n) is 5.93. The van der Waals surface area contributed by atoms with E-state index in [4.69, 9.17) is 9.68 Å². The van der Waals surface area contributed by atoms with Crippen LogP contribution < -0.4 is 10.0 Å². The summed E-state index contributed by atoms with van der Waals surface area (Å²) in [6, 6.07) is 10.3. The van der Waals surface area contributed by atoms with Gasteiger partial charge in [-0.3, -0.25) is 9.69 Å². The molecule has 1 aromatic carbocycles. The smallest absolute Gasteiger partial charge is 0.240 e. The number of benzene rings is 1. The van der Waals surface area contributed by atoms with Crippen LogP contribution in [0.1, 0.15) is 17.7 Å². The maximum atomic E-state index is 12.4. The Balaban J connectivity index is 2.08. The summed E-state index contributed by atoms with van der Waals surface area (Å²) in [7, 11) is -2.28. The molecule has 0 bridgehead atoms. The third kappa shape index (κ3) is 5.92. The van der Waals surface area contributed by atoms with Crippen LogP contribution in [-0.4, -0.2) is 39.4 Å². The van der Waals surface area contributed by atoms with Crippen LogP contribution in [0.4, 0.5) is 5.69 Å². The molecule has 0 spiro atoms. The molecular formula is C18H22N4O4S. The minimum Gasteiger partial charge on any atom is -0.468 e. The molecule has 0 saturated heterocycles. The molecule has 2 aromatic rings. The number of nitrogens with zero attached hydrogens (tertiary/aromatic N) is 2. The van der Waals surface area contributed by atoms with E-state index in [9.17, 15) is 13.2 Å². The molecule has 0 radical (unpaired) electrons. The molecule has 0 atom stereocenters. The number of nitriles is 1. The Morgan fingerprint density at radius 3 is 2.74 bits per heavy atom. The van der Waals surface area contributed by atoms with Crippen LogP contribution in [0.5, 0.6) is 0 Å². The highest BCUT2D eigenvalue weighted by Crippen LogP contribution is 2.20. The zero-order valence-corrected chi connectivity index (χ0v) is 16.0. The van der Waals surface area contributed by atoms with Crippen molar-refractivity contribution in [2.24, 2.45) is 0 Å². The summed E-state index contributed by atoms with van der Waals surface area (Å²) in [6.07, 6.45) is 1.83. The summed E-state index contributed by atoms with van der Waals surface area (Å²) < 4.78 is 31.7. The van der Waals surface area contributed by atoms with E-state index < -0.39 is 10.0 Å². The molecule has 0 fully saturated rings. The van der Waals surface area contributed by atoms with Crippen LogP contribution in [0.2, 0.25) is 0 Å². The predicted molar refractivity (Wildman–Crippen MR) is 100 cm³/mol. The van der Waals surface area contributed by atoms with Gasteiger partial charge in [0.1, 0.15) is 5.76 Å². The van der Waals surface area contributed by atoms with Crippen molar-refractivity contribution in [3.8, 4) is 6.07 Å². The number of anilines is 1. The maximum Gasteiger partial charge on any atom is 0.240 e. The first-order valence-electron chi connectivity index (χ1n) is 8.31. The summed E-state index contributed by atoms with van der Waals surface area (Å²) in [6.45, 7) is 2.54. The minimum atomic E-state index is -3.62. The highest BCUT2D eigenvalue weighted by atomic mass is 32.2. The fraction of sp³-hybridized carbons (Fsp3) is 0.333. The van der Waals surface area contributed by atoms with Gasteiger partial charge in [-0.05, 0) is 43.8 Å². The number of rotatable bonds is 9. The second-order valence-corrected chi connectivity index (χ2v) is 7.79. The summed E-state index contributed by atoms with van der Waals surface area (Å²) in [5, 5.41) is 11.5. The first kappa shape index (κ1) is 20.6. The lowest BCUT2D eigenvalue weighted by atomic mass is 10.2. The van der Waals surface area contributed by atoms with E-state index in [1.165, 1.54) is 13.1 Å². The van der Waals surface area contributed by atoms with Crippen molar-refractivity contribution < 1.29 is 17.6 Å². The molecular weight excluding hydrogens is 368 g/mol. The number of hydrogen-bond donors (Lipinski definition) is 2. The molecule has 9 heteroatoms. The standard InChI is InChI=1S/C18H22N4O4S/c1-14-6-7-15(11-17(14)27(24,25)20-2)21-18(23)13-22(9-4-8-19)12-16-5-3-10-26-16/h3,5-7,10-11,20H,4,9,12-13H2,1-2H3,(H,21,23). The summed E-state index contributed by atoms with van der Waals surface area (Å²) >= 11 is 0. The van der Waals surface area contributed by atoms with Gasteiger partial charge in [-0.1, -0.05) is 6.07 Å². The monoisotopic (exact) mass is 390 g/mol. The topological polar surface area (TPSA) is 115 Å². The molecule has 0 aliphatic carbocycles. The van der Waals surface area contributed by atoms with E-state index in [1.54, 1.807) is 42.4 Å². The van der Waals surface area contributed by atoms with Gasteiger partial charge >= 0.3 is 0 Å². The Bertz CT molecular complexity index is 917. The van der Waals surface area contributed by atoms with Crippen molar-refractivity contribution in [1.29, 1.82) is 5.26 Å². The van der Waals surface area contributed by atoms with Crippen LogP contribution >= 0.6 is 0 Å². The molecule has 2 N–H and O–H groups in total. The highest BCUT2D eigenvalue weighted by molar-refractivity contribution is 7.89. The van der Waals surface area contributed by atoms with Crippen molar-refractivity contribution >= 4 is 21.6 Å². The maximum absolute atomic E-state index is 12.4. The fourth-order valence-corrected chi connectivity index (χ4v) is 3.52. The summed E-state index contributed by atoms with van der Waals surface area (Å²) in [5.41, 5.74) is 0.966. The Morgan fingerprint density at radius 2 is 2.11 bits per heavy atom. The first-order valence-corrected chi connectivity index (χ1v) is 9.80. The van der Waals surface area contributed by atoms with Crippen LogP contribution in [0.15, 0.2) is 45.9 Å². The summed E-state index contributed by atoms with van der Waals surface area (Å²) in [4.78, 5) is 14.3. The lowest BCUT2D eigenvalue weighted by molar-refractivity contribution is -0.117. The average molecular weight is 390 g/mol. The van der Waals surface area contributed by atoms with Gasteiger partial charge in [0, 0.05) is 18.7 Å². The number of hydrogen-bond acceptors (Lipinski definition) is 6. The van der Waals surface area contributed by atoms with E-state index in [-0.39, 0.29) is 23.8 Å². The molecule has 0 saturated carbocycles. The summed E-state index contributed by atoms with van der Waals surface area (Å²) in [5.74, 6) is 0.384. The highest BCUT2D eigenvalue weighted by Gasteiger charge is 2.17. The Morgan fingerprint density at radius 1 is 1.33 bits per heavy atom. The minimum absolute atomic E-state index is 0.0460. The van der Waals surface area contributed by atoms with E-state index in [0.717, 1.165) is 0 Å². The molecule has 0 aliphatic heterocycles. The molecule has 1 heterocycles. The van der Waals surface area contributed by atoms with Crippen LogP contribution in [0.3, 0.4) is 0 Å². The van der Waals surface area contributed by atoms with Gasteiger partial charge in [-0.15, -0.1) is 0 Å². The van der Waals surface area contributed by atoms with Gasteiger partial charge < -0.3 is 9.73 Å². The number of amides is 1. The fourth-order valence-electron chi connectivity index (χ4n) is 2.53. The van der Waals surface area contributed by atoms with Crippen molar-refractivity contribution in [3.05, 3.63) is 47.9 Å². The third-order valence-electron chi connectivity index (χ3n) is 3.90. The molecule has 1 amide bonds. The molecule has 2 rings (SSSR count). The average Bonchev–Trinajstić information content (AvgIpc) is 3.14. The van der Waals surface area contributed by atoms with E-state index >= 15 is 0 Å². The van der Waals surface area contributed by atoms with Crippen LogP contribution in [0, 0.1) is 18.3 Å². The van der Waals surface area contributed by atoms with Gasteiger partial charge in [0.05, 0.1) is 30.3 Å². The number of furan rings is 1. The zero-order valence-electron chi connectivity index (χ0n) is 15.2. The van der Waals surface area contributed by atoms with Crippen molar-refractivity contribution in [2.75, 3.05) is 25.5 Å². The van der Waals surface area contributed by atoms with Crippen LogP contribution in [0.25, 0.3) is 0 Å². The van der Waals surface area contributed by atoms with Crippen molar-refractivity contribution in [1.82, 2.24) is 9.62 Å². The number of sulfonamides is 1. The van der Waals surface area contributed by atoms with Crippen LogP contribution in [-0.2, 0) is 21.4 Å².